The maximum absolute atomic E-state index is 11.8. The summed E-state index contributed by atoms with van der Waals surface area (Å²) in [4.78, 5) is 0. The Labute approximate surface area is 122 Å². The second-order valence-corrected chi connectivity index (χ2v) is 7.18. The Hall–Kier alpha value is -0.100. The zero-order valence-electron chi connectivity index (χ0n) is 10.2. The van der Waals surface area contributed by atoms with Crippen molar-refractivity contribution < 1.29 is 8.42 Å². The average Bonchev–Trinajstić information content (AvgIpc) is 2.29. The summed E-state index contributed by atoms with van der Waals surface area (Å²) in [5, 5.41) is 0. The molecule has 0 saturated carbocycles. The first-order valence-corrected chi connectivity index (χ1v) is 8.74. The van der Waals surface area contributed by atoms with Gasteiger partial charge in [-0.25, -0.2) is 13.1 Å². The van der Waals surface area contributed by atoms with Crippen molar-refractivity contribution in [3.63, 3.8) is 0 Å². The fourth-order valence-electron chi connectivity index (χ4n) is 1.60. The van der Waals surface area contributed by atoms with Gasteiger partial charge in [-0.2, -0.15) is 0 Å². The van der Waals surface area contributed by atoms with E-state index in [2.05, 4.69) is 20.7 Å². The van der Waals surface area contributed by atoms with Gasteiger partial charge in [0.05, 0.1) is 5.75 Å². The highest BCUT2D eigenvalue weighted by Gasteiger charge is 2.16. The van der Waals surface area contributed by atoms with Crippen LogP contribution in [0.5, 0.6) is 0 Å². The van der Waals surface area contributed by atoms with E-state index in [4.69, 9.17) is 11.6 Å². The normalized spacial score (nSPS) is 13.5. The van der Waals surface area contributed by atoms with Crippen molar-refractivity contribution in [1.82, 2.24) is 4.72 Å². The van der Waals surface area contributed by atoms with E-state index in [9.17, 15) is 8.42 Å². The molecule has 0 fully saturated rings. The number of rotatable bonds is 7. The van der Waals surface area contributed by atoms with Crippen molar-refractivity contribution in [3.8, 4) is 0 Å². The predicted molar refractivity (Wildman–Crippen MR) is 79.4 cm³/mol. The number of unbranched alkanes of at least 4 members (excludes halogenated alkanes) is 1. The first-order valence-electron chi connectivity index (χ1n) is 5.76. The Bertz CT molecular complexity index is 479. The Kier molecular flexibility index (Phi) is 6.63. The molecule has 0 heterocycles. The van der Waals surface area contributed by atoms with Gasteiger partial charge in [0.15, 0.2) is 0 Å². The fourth-order valence-corrected chi connectivity index (χ4v) is 3.79. The minimum Gasteiger partial charge on any atom is -0.212 e. The smallest absolute Gasteiger partial charge is 0.212 e. The van der Waals surface area contributed by atoms with Crippen LogP contribution in [-0.4, -0.2) is 20.1 Å². The number of alkyl halides is 1. The van der Waals surface area contributed by atoms with E-state index in [0.717, 1.165) is 10.0 Å². The number of hydrogen-bond acceptors (Lipinski definition) is 2. The van der Waals surface area contributed by atoms with E-state index in [0.29, 0.717) is 18.7 Å². The molecule has 1 rings (SSSR count). The van der Waals surface area contributed by atoms with E-state index < -0.39 is 10.0 Å². The van der Waals surface area contributed by atoms with Gasteiger partial charge in [-0.15, -0.1) is 11.6 Å². The molecule has 1 N–H and O–H groups in total. The number of hydrogen-bond donors (Lipinski definition) is 1. The Morgan fingerprint density at radius 3 is 2.61 bits per heavy atom. The molecule has 3 nitrogen and oxygen atoms in total. The minimum atomic E-state index is -3.25. The minimum absolute atomic E-state index is 0.120. The van der Waals surface area contributed by atoms with E-state index in [1.807, 2.05) is 31.2 Å². The molecule has 1 atom stereocenters. The van der Waals surface area contributed by atoms with Crippen molar-refractivity contribution in [2.75, 3.05) is 11.6 Å². The molecule has 0 aromatic heterocycles. The third-order valence-corrected chi connectivity index (χ3v) is 5.05. The van der Waals surface area contributed by atoms with E-state index >= 15 is 0 Å². The third-order valence-electron chi connectivity index (χ3n) is 2.52. The Morgan fingerprint density at radius 2 is 2.00 bits per heavy atom. The van der Waals surface area contributed by atoms with Gasteiger partial charge in [-0.3, -0.25) is 0 Å². The summed E-state index contributed by atoms with van der Waals surface area (Å²) in [6.07, 6.45) is 1.30. The molecule has 0 unspecified atom stereocenters. The predicted octanol–water partition coefficient (Wildman–Crippen LogP) is 3.45. The first kappa shape index (κ1) is 16.0. The third kappa shape index (κ3) is 5.26. The number of nitrogens with one attached hydrogen (secondary N) is 1. The molecule has 0 bridgehead atoms. The molecule has 0 aliphatic heterocycles. The van der Waals surface area contributed by atoms with Gasteiger partial charge in [0.2, 0.25) is 10.0 Å². The number of benzene rings is 1. The van der Waals surface area contributed by atoms with Crippen LogP contribution in [0, 0.1) is 0 Å². The van der Waals surface area contributed by atoms with Gasteiger partial charge in [0, 0.05) is 16.4 Å². The molecular weight excluding hydrogens is 338 g/mol. The van der Waals surface area contributed by atoms with E-state index in [1.54, 1.807) is 0 Å². The Morgan fingerprint density at radius 1 is 1.33 bits per heavy atom. The molecule has 0 saturated heterocycles. The maximum Gasteiger partial charge on any atom is 0.212 e. The van der Waals surface area contributed by atoms with Crippen molar-refractivity contribution in [2.24, 2.45) is 0 Å². The van der Waals surface area contributed by atoms with Gasteiger partial charge < -0.3 is 0 Å². The highest BCUT2D eigenvalue weighted by molar-refractivity contribution is 9.10. The molecule has 0 radical (unpaired) electrons. The average molecular weight is 355 g/mol. The molecule has 6 heteroatoms. The summed E-state index contributed by atoms with van der Waals surface area (Å²) in [5.41, 5.74) is 0.929. The van der Waals surface area contributed by atoms with Crippen LogP contribution in [0.15, 0.2) is 28.7 Å². The zero-order valence-corrected chi connectivity index (χ0v) is 13.4. The molecule has 0 aliphatic rings. The summed E-state index contributed by atoms with van der Waals surface area (Å²) >= 11 is 8.95. The second-order valence-electron chi connectivity index (χ2n) is 4.08. The lowest BCUT2D eigenvalue weighted by Crippen LogP contribution is -2.29. The van der Waals surface area contributed by atoms with Crippen LogP contribution in [-0.2, 0) is 10.0 Å². The molecule has 18 heavy (non-hydrogen) atoms. The monoisotopic (exact) mass is 353 g/mol. The first-order chi connectivity index (χ1) is 8.46. The summed E-state index contributed by atoms with van der Waals surface area (Å²) in [6, 6.07) is 7.33. The molecule has 1 aromatic carbocycles. The van der Waals surface area contributed by atoms with Crippen molar-refractivity contribution >= 4 is 37.6 Å². The molecule has 1 aromatic rings. The Balaban J connectivity index is 2.64. The van der Waals surface area contributed by atoms with Gasteiger partial charge in [-0.1, -0.05) is 34.1 Å². The van der Waals surface area contributed by atoms with Gasteiger partial charge in [-0.05, 0) is 31.4 Å². The lowest BCUT2D eigenvalue weighted by molar-refractivity contribution is 0.563. The summed E-state index contributed by atoms with van der Waals surface area (Å²) in [5.74, 6) is 0.615. The van der Waals surface area contributed by atoms with Crippen LogP contribution in [0.4, 0.5) is 0 Å². The van der Waals surface area contributed by atoms with Gasteiger partial charge >= 0.3 is 0 Å². The molecule has 102 valence electrons. The molecular formula is C12H17BrClNO2S. The molecule has 0 amide bonds. The van der Waals surface area contributed by atoms with Gasteiger partial charge in [0.1, 0.15) is 0 Å². The quantitative estimate of drug-likeness (QED) is 0.602. The number of sulfonamides is 1. The molecule has 0 aliphatic carbocycles. The second kappa shape index (κ2) is 7.48. The van der Waals surface area contributed by atoms with Crippen molar-refractivity contribution in [1.29, 1.82) is 0 Å². The summed E-state index contributed by atoms with van der Waals surface area (Å²) in [7, 11) is -3.25. The van der Waals surface area contributed by atoms with Crippen LogP contribution < -0.4 is 4.72 Å². The highest BCUT2D eigenvalue weighted by Crippen LogP contribution is 2.23. The molecule has 0 spiro atoms. The largest absolute Gasteiger partial charge is 0.212 e. The SMILES string of the molecule is C[C@@H](NS(=O)(=O)CCCCCl)c1ccccc1Br. The topological polar surface area (TPSA) is 46.2 Å². The van der Waals surface area contributed by atoms with E-state index in [1.165, 1.54) is 0 Å². The van der Waals surface area contributed by atoms with E-state index in [-0.39, 0.29) is 11.8 Å². The van der Waals surface area contributed by atoms with Crippen LogP contribution in [0.1, 0.15) is 31.4 Å². The highest BCUT2D eigenvalue weighted by atomic mass is 79.9. The lowest BCUT2D eigenvalue weighted by Gasteiger charge is -2.15. The van der Waals surface area contributed by atoms with Crippen LogP contribution in [0.2, 0.25) is 0 Å². The fraction of sp³-hybridized carbons (Fsp3) is 0.500. The maximum atomic E-state index is 11.8. The summed E-state index contributed by atoms with van der Waals surface area (Å²) < 4.78 is 27.2. The van der Waals surface area contributed by atoms with Gasteiger partial charge in [0.25, 0.3) is 0 Å². The van der Waals surface area contributed by atoms with Crippen LogP contribution in [0.25, 0.3) is 0 Å². The zero-order chi connectivity index (χ0) is 13.6. The summed E-state index contributed by atoms with van der Waals surface area (Å²) in [6.45, 7) is 1.83. The van der Waals surface area contributed by atoms with Crippen LogP contribution >= 0.6 is 27.5 Å². The standard InChI is InChI=1S/C12H17BrClNO2S/c1-10(11-6-2-3-7-12(11)13)15-18(16,17)9-5-4-8-14/h2-3,6-7,10,15H,4-5,8-9H2,1H3/t10-/m1/s1. The lowest BCUT2D eigenvalue weighted by atomic mass is 10.1. The number of halogens is 2. The van der Waals surface area contributed by atoms with Crippen molar-refractivity contribution in [2.45, 2.75) is 25.8 Å². The van der Waals surface area contributed by atoms with Crippen LogP contribution in [0.3, 0.4) is 0 Å². The van der Waals surface area contributed by atoms with Crippen molar-refractivity contribution in [3.05, 3.63) is 34.3 Å².